The number of nitrogens with two attached hydrogens (primary N) is 1. The van der Waals surface area contributed by atoms with Gasteiger partial charge in [0.25, 0.3) is 0 Å². The first-order valence-electron chi connectivity index (χ1n) is 5.56. The van der Waals surface area contributed by atoms with E-state index in [9.17, 15) is 17.9 Å². The lowest BCUT2D eigenvalue weighted by molar-refractivity contribution is -0.0613. The van der Waals surface area contributed by atoms with Gasteiger partial charge in [0, 0.05) is 13.1 Å². The molecule has 1 aromatic rings. The summed E-state index contributed by atoms with van der Waals surface area (Å²) in [5.41, 5.74) is 4.58. The number of aliphatic hydroxyl groups is 1. The Morgan fingerprint density at radius 1 is 1.50 bits per heavy atom. The van der Waals surface area contributed by atoms with Crippen LogP contribution in [0.1, 0.15) is 13.3 Å². The molecule has 1 saturated heterocycles. The fourth-order valence-corrected chi connectivity index (χ4v) is 3.60. The van der Waals surface area contributed by atoms with Crippen molar-refractivity contribution >= 4 is 15.7 Å². The highest BCUT2D eigenvalue weighted by Crippen LogP contribution is 2.32. The Hall–Kier alpha value is -1.18. The molecule has 7 heteroatoms. The van der Waals surface area contributed by atoms with Gasteiger partial charge in [0.05, 0.1) is 11.3 Å². The lowest BCUT2D eigenvalue weighted by Gasteiger charge is -2.44. The minimum Gasteiger partial charge on any atom is -0.398 e. The van der Waals surface area contributed by atoms with Crippen molar-refractivity contribution in [3.63, 3.8) is 0 Å². The fourth-order valence-electron chi connectivity index (χ4n) is 1.87. The molecule has 2 rings (SSSR count). The fraction of sp³-hybridized carbons (Fsp3) is 0.455. The molecule has 0 unspecified atom stereocenters. The van der Waals surface area contributed by atoms with E-state index in [-0.39, 0.29) is 23.7 Å². The molecule has 1 aliphatic heterocycles. The van der Waals surface area contributed by atoms with Gasteiger partial charge in [-0.1, -0.05) is 6.92 Å². The van der Waals surface area contributed by atoms with Crippen LogP contribution in [0.4, 0.5) is 10.1 Å². The monoisotopic (exact) mass is 274 g/mol. The van der Waals surface area contributed by atoms with Gasteiger partial charge < -0.3 is 10.8 Å². The number of anilines is 1. The highest BCUT2D eigenvalue weighted by atomic mass is 32.2. The topological polar surface area (TPSA) is 83.6 Å². The van der Waals surface area contributed by atoms with Crippen molar-refractivity contribution in [1.29, 1.82) is 0 Å². The van der Waals surface area contributed by atoms with E-state index in [1.54, 1.807) is 6.92 Å². The summed E-state index contributed by atoms with van der Waals surface area (Å²) < 4.78 is 38.5. The van der Waals surface area contributed by atoms with Crippen LogP contribution in [0.25, 0.3) is 0 Å². The highest BCUT2D eigenvalue weighted by Gasteiger charge is 2.46. The van der Waals surface area contributed by atoms with E-state index < -0.39 is 21.4 Å². The second-order valence-electron chi connectivity index (χ2n) is 4.53. The maximum atomic E-state index is 13.1. The van der Waals surface area contributed by atoms with Gasteiger partial charge in [-0.3, -0.25) is 0 Å². The highest BCUT2D eigenvalue weighted by molar-refractivity contribution is 7.89. The summed E-state index contributed by atoms with van der Waals surface area (Å²) in [7, 11) is -3.83. The van der Waals surface area contributed by atoms with E-state index in [1.807, 2.05) is 0 Å². The molecule has 0 aromatic heterocycles. The molecule has 0 aliphatic carbocycles. The third kappa shape index (κ3) is 2.09. The van der Waals surface area contributed by atoms with Crippen LogP contribution in [-0.2, 0) is 10.0 Å². The van der Waals surface area contributed by atoms with Crippen LogP contribution in [0.3, 0.4) is 0 Å². The molecule has 0 saturated carbocycles. The molecule has 1 aromatic carbocycles. The number of hydrogen-bond acceptors (Lipinski definition) is 4. The minimum atomic E-state index is -3.83. The third-order valence-electron chi connectivity index (χ3n) is 3.19. The molecule has 0 spiro atoms. The first kappa shape index (κ1) is 13.3. The molecule has 0 bridgehead atoms. The molecular formula is C11H15FN2O3S. The van der Waals surface area contributed by atoms with Crippen LogP contribution < -0.4 is 5.73 Å². The molecule has 1 fully saturated rings. The van der Waals surface area contributed by atoms with Gasteiger partial charge in [-0.25, -0.2) is 12.8 Å². The summed E-state index contributed by atoms with van der Waals surface area (Å²) >= 11 is 0. The zero-order chi connectivity index (χ0) is 13.6. The molecule has 18 heavy (non-hydrogen) atoms. The Morgan fingerprint density at radius 3 is 2.67 bits per heavy atom. The molecule has 0 radical (unpaired) electrons. The smallest absolute Gasteiger partial charge is 0.245 e. The lowest BCUT2D eigenvalue weighted by atomic mass is 9.94. The van der Waals surface area contributed by atoms with Crippen molar-refractivity contribution in [2.75, 3.05) is 18.8 Å². The quantitative estimate of drug-likeness (QED) is 0.789. The molecule has 5 nitrogen and oxygen atoms in total. The van der Waals surface area contributed by atoms with Crippen LogP contribution in [0.2, 0.25) is 0 Å². The van der Waals surface area contributed by atoms with E-state index in [4.69, 9.17) is 5.73 Å². The number of nitrogen functional groups attached to an aromatic ring is 1. The van der Waals surface area contributed by atoms with E-state index in [0.29, 0.717) is 6.42 Å². The van der Waals surface area contributed by atoms with Gasteiger partial charge in [0.1, 0.15) is 10.7 Å². The van der Waals surface area contributed by atoms with Crippen molar-refractivity contribution in [2.45, 2.75) is 23.8 Å². The van der Waals surface area contributed by atoms with Gasteiger partial charge >= 0.3 is 0 Å². The average molecular weight is 274 g/mol. The SMILES string of the molecule is CCC1(O)CN(S(=O)(=O)c2cc(F)ccc2N)C1. The predicted molar refractivity (Wildman–Crippen MR) is 64.8 cm³/mol. The Labute approximate surface area is 105 Å². The maximum Gasteiger partial charge on any atom is 0.245 e. The average Bonchev–Trinajstić information content (AvgIpc) is 2.28. The Balaban J connectivity index is 2.31. The second kappa shape index (κ2) is 4.18. The maximum absolute atomic E-state index is 13.1. The third-order valence-corrected chi connectivity index (χ3v) is 5.04. The Bertz CT molecular complexity index is 568. The van der Waals surface area contributed by atoms with Crippen molar-refractivity contribution < 1.29 is 17.9 Å². The summed E-state index contributed by atoms with van der Waals surface area (Å²) in [6.07, 6.45) is 0.470. The largest absolute Gasteiger partial charge is 0.398 e. The molecule has 3 N–H and O–H groups in total. The normalized spacial score (nSPS) is 19.5. The lowest BCUT2D eigenvalue weighted by Crippen LogP contribution is -2.62. The summed E-state index contributed by atoms with van der Waals surface area (Å²) in [5, 5.41) is 9.81. The summed E-state index contributed by atoms with van der Waals surface area (Å²) in [6.45, 7) is 1.81. The Kier molecular flexibility index (Phi) is 3.08. The zero-order valence-electron chi connectivity index (χ0n) is 9.93. The van der Waals surface area contributed by atoms with Gasteiger partial charge in [0.15, 0.2) is 0 Å². The molecule has 100 valence electrons. The van der Waals surface area contributed by atoms with Gasteiger partial charge in [-0.2, -0.15) is 4.31 Å². The number of hydrogen-bond donors (Lipinski definition) is 2. The van der Waals surface area contributed by atoms with Crippen molar-refractivity contribution in [3.8, 4) is 0 Å². The standard InChI is InChI=1S/C11H15FN2O3S/c1-2-11(15)6-14(7-11)18(16,17)10-5-8(12)3-4-9(10)13/h3-5,15H,2,6-7,13H2,1H3. The summed E-state index contributed by atoms with van der Waals surface area (Å²) in [5.74, 6) is -0.658. The summed E-state index contributed by atoms with van der Waals surface area (Å²) in [6, 6.07) is 3.22. The molecule has 1 heterocycles. The number of benzene rings is 1. The van der Waals surface area contributed by atoms with E-state index in [2.05, 4.69) is 0 Å². The van der Waals surface area contributed by atoms with Crippen LogP contribution >= 0.6 is 0 Å². The predicted octanol–water partition coefficient (Wildman–Crippen LogP) is 0.553. The van der Waals surface area contributed by atoms with Crippen LogP contribution in [0.5, 0.6) is 0 Å². The van der Waals surface area contributed by atoms with Crippen molar-refractivity contribution in [2.24, 2.45) is 0 Å². The van der Waals surface area contributed by atoms with Crippen molar-refractivity contribution in [1.82, 2.24) is 4.31 Å². The van der Waals surface area contributed by atoms with E-state index in [1.165, 1.54) is 6.07 Å². The number of halogens is 1. The molecule has 0 atom stereocenters. The van der Waals surface area contributed by atoms with Crippen LogP contribution in [0.15, 0.2) is 23.1 Å². The zero-order valence-corrected chi connectivity index (χ0v) is 10.7. The number of β-amino-alcohol motifs (C(OH)–C–C–N with tert-alkyl or cyclic N) is 1. The molecular weight excluding hydrogens is 259 g/mol. The Morgan fingerprint density at radius 2 is 2.11 bits per heavy atom. The molecule has 1 aliphatic rings. The van der Waals surface area contributed by atoms with Crippen molar-refractivity contribution in [3.05, 3.63) is 24.0 Å². The van der Waals surface area contributed by atoms with Gasteiger partial charge in [0.2, 0.25) is 10.0 Å². The number of rotatable bonds is 3. The van der Waals surface area contributed by atoms with Gasteiger partial charge in [-0.15, -0.1) is 0 Å². The second-order valence-corrected chi connectivity index (χ2v) is 6.44. The van der Waals surface area contributed by atoms with E-state index >= 15 is 0 Å². The number of sulfonamides is 1. The van der Waals surface area contributed by atoms with Gasteiger partial charge in [-0.05, 0) is 24.6 Å². The van der Waals surface area contributed by atoms with Crippen LogP contribution in [-0.4, -0.2) is 36.5 Å². The molecule has 0 amide bonds. The first-order valence-corrected chi connectivity index (χ1v) is 7.00. The van der Waals surface area contributed by atoms with E-state index in [0.717, 1.165) is 16.4 Å². The summed E-state index contributed by atoms with van der Waals surface area (Å²) in [4.78, 5) is -0.249. The van der Waals surface area contributed by atoms with Crippen LogP contribution in [0, 0.1) is 5.82 Å². The first-order chi connectivity index (χ1) is 8.28. The minimum absolute atomic E-state index is 0.00309. The number of nitrogens with zero attached hydrogens (tertiary/aromatic N) is 1.